The zero-order valence-electron chi connectivity index (χ0n) is 25.5. The van der Waals surface area contributed by atoms with Crippen LogP contribution in [0.5, 0.6) is 0 Å². The number of nitrogens with zero attached hydrogens (tertiary/aromatic N) is 4. The summed E-state index contributed by atoms with van der Waals surface area (Å²) in [5, 5.41) is 18.4. The maximum absolute atomic E-state index is 14.6. The second-order valence-electron chi connectivity index (χ2n) is 13.0. The second kappa shape index (κ2) is 11.3. The normalized spacial score (nSPS) is 17.5. The molecular weight excluding hydrogens is 637 g/mol. The van der Waals surface area contributed by atoms with Gasteiger partial charge in [0.05, 0.1) is 34.1 Å². The number of aryl methyl sites for hydroxylation is 2. The minimum Gasteiger partial charge on any atom is -0.475 e. The molecule has 0 unspecified atom stereocenters. The number of benzene rings is 2. The summed E-state index contributed by atoms with van der Waals surface area (Å²) in [4.78, 5) is 4.41. The number of ether oxygens (including phenoxy) is 2. The summed E-state index contributed by atoms with van der Waals surface area (Å²) in [6.45, 7) is 19.7. The molecule has 2 heterocycles. The van der Waals surface area contributed by atoms with E-state index in [4.69, 9.17) is 14.7 Å². The minimum absolute atomic E-state index is 0.167. The summed E-state index contributed by atoms with van der Waals surface area (Å²) in [6, 6.07) is 10.9. The lowest BCUT2D eigenvalue weighted by Crippen LogP contribution is -3.40. The van der Waals surface area contributed by atoms with Crippen LogP contribution in [0.2, 0.25) is 0 Å². The third-order valence-corrected chi connectivity index (χ3v) is 8.99. The molecule has 0 aromatic heterocycles. The monoisotopic (exact) mass is 675 g/mol. The van der Waals surface area contributed by atoms with Gasteiger partial charge in [-0.25, -0.2) is 13.8 Å². The SMILES string of the molecule is Cc1cc(C(C)(C)C#N)cc(F)c1C1=NC(C)(C)CO1.Cc1cc(C(C)(C)C#N)cc(F)c1C1=[N+]([I-])C(C)(C)CO1. The van der Waals surface area contributed by atoms with Gasteiger partial charge in [-0.3, -0.25) is 0 Å². The highest BCUT2D eigenvalue weighted by molar-refractivity contribution is 5.97. The summed E-state index contributed by atoms with van der Waals surface area (Å²) >= 11 is 2.16. The Morgan fingerprint density at radius 3 is 1.63 bits per heavy atom. The predicted octanol–water partition coefficient (Wildman–Crippen LogP) is 3.46. The third-order valence-electron chi connectivity index (χ3n) is 7.24. The number of aliphatic imine (C=N–C) groups is 1. The van der Waals surface area contributed by atoms with Crippen molar-refractivity contribution < 1.29 is 43.9 Å². The average molecular weight is 676 g/mol. The molecule has 0 saturated heterocycles. The van der Waals surface area contributed by atoms with Crippen LogP contribution >= 0.6 is 0 Å². The van der Waals surface area contributed by atoms with Gasteiger partial charge in [0, 0.05) is 13.8 Å². The molecule has 9 heteroatoms. The lowest BCUT2D eigenvalue weighted by atomic mass is 9.84. The fraction of sp³-hybridized carbons (Fsp3) is 0.500. The van der Waals surface area contributed by atoms with Gasteiger partial charge in [-0.15, -0.1) is 0 Å². The highest BCUT2D eigenvalue weighted by Crippen LogP contribution is 2.30. The number of hydrogen-bond donors (Lipinski definition) is 0. The summed E-state index contributed by atoms with van der Waals surface area (Å²) < 4.78 is 42.2. The number of rotatable bonds is 4. The van der Waals surface area contributed by atoms with Crippen molar-refractivity contribution in [2.24, 2.45) is 4.99 Å². The summed E-state index contributed by atoms with van der Waals surface area (Å²) in [5.41, 5.74) is 1.82. The van der Waals surface area contributed by atoms with Gasteiger partial charge >= 0.3 is 5.90 Å². The first-order chi connectivity index (χ1) is 18.8. The van der Waals surface area contributed by atoms with Crippen molar-refractivity contribution >= 4 is 11.8 Å². The maximum atomic E-state index is 14.6. The van der Waals surface area contributed by atoms with Crippen molar-refractivity contribution in [3.05, 3.63) is 69.3 Å². The van der Waals surface area contributed by atoms with Crippen LogP contribution in [-0.2, 0) is 20.3 Å². The van der Waals surface area contributed by atoms with Crippen molar-refractivity contribution in [2.75, 3.05) is 13.2 Å². The Balaban J connectivity index is 0.000000226. The van der Waals surface area contributed by atoms with Crippen molar-refractivity contribution in [1.82, 2.24) is 0 Å². The Morgan fingerprint density at radius 2 is 1.29 bits per heavy atom. The maximum Gasteiger partial charge on any atom is 0.349 e. The Morgan fingerprint density at radius 1 is 0.829 bits per heavy atom. The summed E-state index contributed by atoms with van der Waals surface area (Å²) in [5.74, 6) is 0.172. The fourth-order valence-electron chi connectivity index (χ4n) is 4.40. The Kier molecular flexibility index (Phi) is 8.96. The van der Waals surface area contributed by atoms with Crippen molar-refractivity contribution in [1.29, 1.82) is 10.5 Å². The van der Waals surface area contributed by atoms with E-state index in [0.29, 0.717) is 47.3 Å². The molecule has 2 aliphatic heterocycles. The molecule has 0 fully saturated rings. The van der Waals surface area contributed by atoms with E-state index in [2.05, 4.69) is 40.0 Å². The fourth-order valence-corrected chi connectivity index (χ4v) is 4.92. The third kappa shape index (κ3) is 6.72. The Bertz CT molecular complexity index is 1480. The molecule has 0 bridgehead atoms. The molecular formula is C32H38F2IN4O2. The molecule has 4 rings (SSSR count). The molecule has 1 radical (unpaired) electrons. The minimum atomic E-state index is -0.720. The largest absolute Gasteiger partial charge is 0.475 e. The van der Waals surface area contributed by atoms with E-state index in [-0.39, 0.29) is 22.7 Å². The first kappa shape index (κ1) is 32.5. The van der Waals surface area contributed by atoms with Crippen LogP contribution in [0.3, 0.4) is 0 Å². The molecule has 0 amide bonds. The summed E-state index contributed by atoms with van der Waals surface area (Å²) in [7, 11) is 0. The Labute approximate surface area is 256 Å². The van der Waals surface area contributed by atoms with Crippen LogP contribution in [0.25, 0.3) is 0 Å². The van der Waals surface area contributed by atoms with E-state index in [0.717, 1.165) is 11.1 Å². The van der Waals surface area contributed by atoms with Gasteiger partial charge in [-0.1, -0.05) is 12.1 Å². The molecule has 6 nitrogen and oxygen atoms in total. The molecule has 0 spiro atoms. The lowest BCUT2D eigenvalue weighted by Gasteiger charge is -2.19. The van der Waals surface area contributed by atoms with Gasteiger partial charge in [-0.2, -0.15) is 10.5 Å². The zero-order valence-corrected chi connectivity index (χ0v) is 27.6. The second-order valence-corrected chi connectivity index (χ2v) is 13.9. The molecule has 41 heavy (non-hydrogen) atoms. The van der Waals surface area contributed by atoms with Crippen LogP contribution in [0.15, 0.2) is 29.3 Å². The zero-order chi connectivity index (χ0) is 31.1. The van der Waals surface area contributed by atoms with Crippen LogP contribution in [0.4, 0.5) is 8.78 Å². The topological polar surface area (TPSA) is 81.4 Å². The molecule has 219 valence electrons. The van der Waals surface area contributed by atoms with Crippen LogP contribution in [-0.4, -0.2) is 38.9 Å². The highest BCUT2D eigenvalue weighted by Gasteiger charge is 2.38. The Hall–Kier alpha value is -3.05. The van der Waals surface area contributed by atoms with Crippen LogP contribution in [0.1, 0.15) is 88.8 Å². The highest BCUT2D eigenvalue weighted by atomic mass is 127. The van der Waals surface area contributed by atoms with E-state index in [9.17, 15) is 14.0 Å². The molecule has 0 N–H and O–H groups in total. The molecule has 0 saturated carbocycles. The van der Waals surface area contributed by atoms with E-state index < -0.39 is 10.8 Å². The van der Waals surface area contributed by atoms with Gasteiger partial charge in [0.15, 0.2) is 12.1 Å². The van der Waals surface area contributed by atoms with Gasteiger partial charge in [0.2, 0.25) is 5.90 Å². The van der Waals surface area contributed by atoms with E-state index in [1.165, 1.54) is 12.1 Å². The number of nitriles is 2. The van der Waals surface area contributed by atoms with Gasteiger partial charge in [-0.05, 0) is 89.8 Å². The van der Waals surface area contributed by atoms with Gasteiger partial charge in [0.25, 0.3) is 0 Å². The van der Waals surface area contributed by atoms with Crippen molar-refractivity contribution in [2.45, 2.75) is 91.1 Å². The first-order valence-corrected chi connectivity index (χ1v) is 14.4. The molecule has 2 aromatic rings. The van der Waals surface area contributed by atoms with E-state index >= 15 is 0 Å². The first-order valence-electron chi connectivity index (χ1n) is 13.4. The molecule has 2 aromatic carbocycles. The standard InChI is InChI=1S/C16H19FIN2O.C16H19FN2O/c1-10-6-11(15(2,3)8-19)7-12(17)13(10)14-20(18)16(4,5)9-21-14;1-10-6-11(15(2,3)8-18)7-12(17)13(10)14-19-16(4,5)9-20-14/h6-7H,9H2,1-5H3;6-7H,9H2,1-5H3. The lowest BCUT2D eigenvalue weighted by molar-refractivity contribution is -1.08. The number of hydrogen-bond acceptors (Lipinski definition) is 5. The molecule has 0 aliphatic carbocycles. The quantitative estimate of drug-likeness (QED) is 0.368. The van der Waals surface area contributed by atoms with Crippen molar-refractivity contribution in [3.63, 3.8) is 0 Å². The predicted molar refractivity (Wildman–Crippen MR) is 151 cm³/mol. The summed E-state index contributed by atoms with van der Waals surface area (Å²) in [6.07, 6.45) is 0. The smallest absolute Gasteiger partial charge is 0.349 e. The van der Waals surface area contributed by atoms with Crippen LogP contribution in [0, 0.1) is 48.1 Å². The van der Waals surface area contributed by atoms with Crippen LogP contribution < -0.4 is 22.9 Å². The molecule has 2 aliphatic rings. The van der Waals surface area contributed by atoms with E-state index in [1.54, 1.807) is 27.7 Å². The van der Waals surface area contributed by atoms with E-state index in [1.807, 2.05) is 56.5 Å². The molecule has 0 atom stereocenters. The van der Waals surface area contributed by atoms with Gasteiger partial charge in [0.1, 0.15) is 23.8 Å². The van der Waals surface area contributed by atoms with Gasteiger partial charge < -0.3 is 35.1 Å². The van der Waals surface area contributed by atoms with Crippen molar-refractivity contribution in [3.8, 4) is 12.1 Å². The number of halogens is 3. The average Bonchev–Trinajstić information content (AvgIpc) is 3.36.